The number of hydrogen-bond donors (Lipinski definition) is 1. The minimum atomic E-state index is -0.776. The predicted molar refractivity (Wildman–Crippen MR) is 126 cm³/mol. The number of nitro benzene ring substituents is 1. The number of halogens is 1. The van der Waals surface area contributed by atoms with Gasteiger partial charge >= 0.3 is 0 Å². The summed E-state index contributed by atoms with van der Waals surface area (Å²) in [4.78, 5) is 23.1. The summed E-state index contributed by atoms with van der Waals surface area (Å²) < 4.78 is 29.3. The van der Waals surface area contributed by atoms with Gasteiger partial charge in [-0.3, -0.25) is 14.9 Å². The van der Waals surface area contributed by atoms with Crippen molar-refractivity contribution in [2.75, 3.05) is 19.5 Å². The lowest BCUT2D eigenvalue weighted by Gasteiger charge is -2.12. The molecule has 0 unspecified atom stereocenters. The number of non-ortho nitro benzene ring substituents is 1. The fourth-order valence-electron chi connectivity index (χ4n) is 3.05. The normalized spacial score (nSPS) is 10.7. The van der Waals surface area contributed by atoms with Crippen molar-refractivity contribution < 1.29 is 28.3 Å². The minimum absolute atomic E-state index is 0.0509. The molecule has 0 atom stereocenters. The quantitative estimate of drug-likeness (QED) is 0.202. The Morgan fingerprint density at radius 3 is 2.37 bits per heavy atom. The number of carbonyl (C=O) groups excluding carboxylic acids is 1. The van der Waals surface area contributed by atoms with Crippen LogP contribution in [0.5, 0.6) is 17.2 Å². The molecule has 0 spiro atoms. The van der Waals surface area contributed by atoms with E-state index in [9.17, 15) is 24.6 Å². The molecule has 10 heteroatoms. The number of methoxy groups -OCH3 is 2. The fourth-order valence-corrected chi connectivity index (χ4v) is 3.05. The van der Waals surface area contributed by atoms with E-state index in [-0.39, 0.29) is 35.1 Å². The molecule has 0 heterocycles. The molecule has 3 aromatic carbocycles. The highest BCUT2D eigenvalue weighted by molar-refractivity contribution is 6.10. The first kappa shape index (κ1) is 24.7. The fraction of sp³-hybridized carbons (Fsp3) is 0.120. The zero-order chi connectivity index (χ0) is 25.4. The van der Waals surface area contributed by atoms with Crippen molar-refractivity contribution in [1.29, 1.82) is 5.26 Å². The number of amides is 1. The van der Waals surface area contributed by atoms with Gasteiger partial charge in [-0.15, -0.1) is 0 Å². The van der Waals surface area contributed by atoms with Gasteiger partial charge in [-0.25, -0.2) is 4.39 Å². The number of nitrogens with zero attached hydrogens (tertiary/aromatic N) is 2. The van der Waals surface area contributed by atoms with E-state index in [0.717, 1.165) is 11.6 Å². The minimum Gasteiger partial charge on any atom is -0.495 e. The standard InChI is InChI=1S/C25H20FN3O6/c1-33-22-10-8-20(29(31)32)13-21(22)28-25(30)18(14-27)11-17-5-9-23(24(12-17)34-2)35-15-16-3-6-19(26)7-4-16/h3-13H,15H2,1-2H3,(H,28,30)/b18-11+. The molecule has 0 aliphatic carbocycles. The van der Waals surface area contributed by atoms with Crippen LogP contribution < -0.4 is 19.5 Å². The largest absolute Gasteiger partial charge is 0.495 e. The summed E-state index contributed by atoms with van der Waals surface area (Å²) in [7, 11) is 2.80. The Kier molecular flexibility index (Phi) is 7.98. The molecule has 0 bridgehead atoms. The first-order chi connectivity index (χ1) is 16.8. The zero-order valence-electron chi connectivity index (χ0n) is 18.8. The molecule has 0 radical (unpaired) electrons. The maximum atomic E-state index is 13.1. The molecule has 0 aliphatic rings. The third kappa shape index (κ3) is 6.33. The molecule has 178 valence electrons. The first-order valence-corrected chi connectivity index (χ1v) is 10.2. The van der Waals surface area contributed by atoms with Crippen molar-refractivity contribution in [3.05, 3.63) is 93.3 Å². The van der Waals surface area contributed by atoms with Crippen LogP contribution in [0.15, 0.2) is 66.2 Å². The van der Waals surface area contributed by atoms with Gasteiger partial charge in [-0.1, -0.05) is 18.2 Å². The van der Waals surface area contributed by atoms with E-state index in [1.165, 1.54) is 44.6 Å². The molecule has 0 aliphatic heterocycles. The molecule has 0 saturated carbocycles. The zero-order valence-corrected chi connectivity index (χ0v) is 18.8. The van der Waals surface area contributed by atoms with Crippen molar-refractivity contribution in [1.82, 2.24) is 0 Å². The molecule has 0 aromatic heterocycles. The van der Waals surface area contributed by atoms with Crippen LogP contribution in [0.25, 0.3) is 6.08 Å². The molecule has 0 fully saturated rings. The van der Waals surface area contributed by atoms with Crippen LogP contribution in [0, 0.1) is 27.3 Å². The van der Waals surface area contributed by atoms with Crippen molar-refractivity contribution in [2.24, 2.45) is 0 Å². The number of benzene rings is 3. The second-order valence-corrected chi connectivity index (χ2v) is 7.09. The molecular weight excluding hydrogens is 457 g/mol. The van der Waals surface area contributed by atoms with Crippen LogP contribution in [-0.4, -0.2) is 25.1 Å². The highest BCUT2D eigenvalue weighted by Gasteiger charge is 2.17. The van der Waals surface area contributed by atoms with Crippen molar-refractivity contribution in [2.45, 2.75) is 6.61 Å². The van der Waals surface area contributed by atoms with Gasteiger partial charge in [0, 0.05) is 12.1 Å². The number of carbonyl (C=O) groups is 1. The van der Waals surface area contributed by atoms with Gasteiger partial charge in [0.05, 0.1) is 24.8 Å². The number of rotatable bonds is 9. The summed E-state index contributed by atoms with van der Waals surface area (Å²) in [5, 5.41) is 23.0. The molecule has 3 aromatic rings. The van der Waals surface area contributed by atoms with E-state index in [2.05, 4.69) is 5.32 Å². The lowest BCUT2D eigenvalue weighted by atomic mass is 10.1. The number of nitro groups is 1. The Hall–Kier alpha value is -4.91. The molecule has 3 rings (SSSR count). The van der Waals surface area contributed by atoms with Gasteiger partial charge in [-0.05, 0) is 47.5 Å². The van der Waals surface area contributed by atoms with Gasteiger partial charge in [0.25, 0.3) is 11.6 Å². The molecule has 35 heavy (non-hydrogen) atoms. The highest BCUT2D eigenvalue weighted by atomic mass is 19.1. The smallest absolute Gasteiger partial charge is 0.271 e. The average molecular weight is 477 g/mol. The van der Waals surface area contributed by atoms with Crippen LogP contribution in [0.3, 0.4) is 0 Å². The molecule has 9 nitrogen and oxygen atoms in total. The summed E-state index contributed by atoms with van der Waals surface area (Å²) >= 11 is 0. The summed E-state index contributed by atoms with van der Waals surface area (Å²) in [6.07, 6.45) is 1.34. The second-order valence-electron chi connectivity index (χ2n) is 7.09. The van der Waals surface area contributed by atoms with E-state index >= 15 is 0 Å². The summed E-state index contributed by atoms with van der Waals surface area (Å²) in [6.45, 7) is 0.183. The third-order valence-corrected chi connectivity index (χ3v) is 4.81. The van der Waals surface area contributed by atoms with Gasteiger partial charge < -0.3 is 19.5 Å². The maximum absolute atomic E-state index is 13.1. The topological polar surface area (TPSA) is 124 Å². The number of anilines is 1. The first-order valence-electron chi connectivity index (χ1n) is 10.2. The van der Waals surface area contributed by atoms with Gasteiger partial charge in [0.15, 0.2) is 11.5 Å². The number of hydrogen-bond acceptors (Lipinski definition) is 7. The average Bonchev–Trinajstić information content (AvgIpc) is 2.87. The van der Waals surface area contributed by atoms with Gasteiger partial charge in [0.2, 0.25) is 0 Å². The van der Waals surface area contributed by atoms with Crippen LogP contribution in [0.4, 0.5) is 15.8 Å². The Morgan fingerprint density at radius 2 is 1.74 bits per heavy atom. The van der Waals surface area contributed by atoms with Crippen LogP contribution in [0.2, 0.25) is 0 Å². The second kappa shape index (κ2) is 11.3. The lowest BCUT2D eigenvalue weighted by molar-refractivity contribution is -0.384. The van der Waals surface area contributed by atoms with E-state index in [4.69, 9.17) is 14.2 Å². The van der Waals surface area contributed by atoms with E-state index in [1.54, 1.807) is 30.3 Å². The molecule has 1 amide bonds. The Balaban J connectivity index is 1.79. The monoisotopic (exact) mass is 477 g/mol. The number of ether oxygens (including phenoxy) is 3. The maximum Gasteiger partial charge on any atom is 0.271 e. The lowest BCUT2D eigenvalue weighted by Crippen LogP contribution is -2.14. The SMILES string of the molecule is COc1ccc([N+](=O)[O-])cc1NC(=O)/C(C#N)=C/c1ccc(OCc2ccc(F)cc2)c(OC)c1. The highest BCUT2D eigenvalue weighted by Crippen LogP contribution is 2.31. The van der Waals surface area contributed by atoms with Crippen LogP contribution in [-0.2, 0) is 11.4 Å². The summed E-state index contributed by atoms with van der Waals surface area (Å²) in [5.74, 6) is -0.145. The van der Waals surface area contributed by atoms with Crippen LogP contribution >= 0.6 is 0 Å². The van der Waals surface area contributed by atoms with E-state index in [1.807, 2.05) is 6.07 Å². The Morgan fingerprint density at radius 1 is 1.06 bits per heavy atom. The van der Waals surface area contributed by atoms with Gasteiger partial charge in [-0.2, -0.15) is 5.26 Å². The predicted octanol–water partition coefficient (Wildman–Crippen LogP) is 4.88. The third-order valence-electron chi connectivity index (χ3n) is 4.81. The molecular formula is C25H20FN3O6. The van der Waals surface area contributed by atoms with E-state index in [0.29, 0.717) is 17.1 Å². The summed E-state index contributed by atoms with van der Waals surface area (Å²) in [6, 6.07) is 16.2. The van der Waals surface area contributed by atoms with Crippen LogP contribution in [0.1, 0.15) is 11.1 Å². The molecule has 0 saturated heterocycles. The van der Waals surface area contributed by atoms with E-state index < -0.39 is 10.8 Å². The van der Waals surface area contributed by atoms with Crippen molar-refractivity contribution in [3.63, 3.8) is 0 Å². The summed E-state index contributed by atoms with van der Waals surface area (Å²) in [5.41, 5.74) is 0.797. The Labute approximate surface area is 200 Å². The molecule has 1 N–H and O–H groups in total. The van der Waals surface area contributed by atoms with Gasteiger partial charge in [0.1, 0.15) is 29.8 Å². The van der Waals surface area contributed by atoms with Crippen molar-refractivity contribution in [3.8, 4) is 23.3 Å². The number of nitriles is 1. The Bertz CT molecular complexity index is 1320. The van der Waals surface area contributed by atoms with Crippen molar-refractivity contribution >= 4 is 23.4 Å². The number of nitrogens with one attached hydrogen (secondary N) is 1.